The van der Waals surface area contributed by atoms with E-state index in [0.717, 1.165) is 33.4 Å². The Hall–Kier alpha value is -4.70. The average molecular weight is 437 g/mol. The molecular weight excluding hydrogens is 416 g/mol. The zero-order valence-electron chi connectivity index (χ0n) is 18.3. The number of nitrogens with zero attached hydrogens (tertiary/aromatic N) is 4. The Morgan fingerprint density at radius 1 is 0.588 bits per heavy atom. The van der Waals surface area contributed by atoms with Crippen molar-refractivity contribution in [3.8, 4) is 22.5 Å². The highest BCUT2D eigenvalue weighted by Crippen LogP contribution is 2.36. The van der Waals surface area contributed by atoms with Gasteiger partial charge in [-0.1, -0.05) is 60.7 Å². The molecule has 34 heavy (non-hydrogen) atoms. The maximum absolute atomic E-state index is 4.68. The van der Waals surface area contributed by atoms with Crippen LogP contribution < -0.4 is 0 Å². The van der Waals surface area contributed by atoms with E-state index in [1.54, 1.807) is 6.20 Å². The van der Waals surface area contributed by atoms with E-state index in [2.05, 4.69) is 106 Å². The van der Waals surface area contributed by atoms with Gasteiger partial charge in [-0.25, -0.2) is 4.68 Å². The molecule has 0 saturated heterocycles. The molecule has 0 N–H and O–H groups in total. The van der Waals surface area contributed by atoms with Crippen LogP contribution in [0.1, 0.15) is 0 Å². The molecule has 4 aromatic carbocycles. The second-order valence-electron chi connectivity index (χ2n) is 8.44. The summed E-state index contributed by atoms with van der Waals surface area (Å²) in [5.74, 6) is 0. The maximum Gasteiger partial charge on any atom is 0.0780 e. The first-order chi connectivity index (χ1) is 16.9. The quantitative estimate of drug-likeness (QED) is 0.294. The number of para-hydroxylation sites is 2. The minimum absolute atomic E-state index is 1.02. The first kappa shape index (κ1) is 18.8. The largest absolute Gasteiger partial charge is 0.309 e. The molecule has 0 bridgehead atoms. The predicted octanol–water partition coefficient (Wildman–Crippen LogP) is 7.18. The van der Waals surface area contributed by atoms with Gasteiger partial charge in [0.2, 0.25) is 0 Å². The molecule has 0 atom stereocenters. The summed E-state index contributed by atoms with van der Waals surface area (Å²) in [4.78, 5) is 4.68. The van der Waals surface area contributed by atoms with E-state index in [9.17, 15) is 0 Å². The third-order valence-corrected chi connectivity index (χ3v) is 6.47. The zero-order valence-corrected chi connectivity index (χ0v) is 18.3. The fourth-order valence-corrected chi connectivity index (χ4v) is 4.95. The monoisotopic (exact) mass is 436 g/mol. The maximum atomic E-state index is 4.68. The minimum Gasteiger partial charge on any atom is -0.309 e. The van der Waals surface area contributed by atoms with E-state index < -0.39 is 0 Å². The molecule has 0 unspecified atom stereocenters. The summed E-state index contributed by atoms with van der Waals surface area (Å²) in [7, 11) is 0. The van der Waals surface area contributed by atoms with E-state index in [-0.39, 0.29) is 0 Å². The van der Waals surface area contributed by atoms with Gasteiger partial charge in [-0.15, -0.1) is 0 Å². The number of hydrogen-bond acceptors (Lipinski definition) is 2. The summed E-state index contributed by atoms with van der Waals surface area (Å²) in [6, 6.07) is 36.3. The molecule has 0 amide bonds. The van der Waals surface area contributed by atoms with Crippen molar-refractivity contribution in [2.24, 2.45) is 0 Å². The molecule has 3 heterocycles. The molecule has 0 radical (unpaired) electrons. The molecule has 0 aliphatic rings. The third kappa shape index (κ3) is 2.86. The van der Waals surface area contributed by atoms with E-state index in [4.69, 9.17) is 0 Å². The molecule has 7 rings (SSSR count). The van der Waals surface area contributed by atoms with Gasteiger partial charge in [-0.3, -0.25) is 4.98 Å². The molecule has 0 aliphatic carbocycles. The lowest BCUT2D eigenvalue weighted by atomic mass is 10.0. The Kier molecular flexibility index (Phi) is 4.11. The van der Waals surface area contributed by atoms with E-state index in [1.165, 1.54) is 21.8 Å². The Morgan fingerprint density at radius 2 is 1.44 bits per heavy atom. The van der Waals surface area contributed by atoms with Crippen LogP contribution in [-0.4, -0.2) is 19.3 Å². The van der Waals surface area contributed by atoms with Crippen molar-refractivity contribution >= 4 is 32.7 Å². The van der Waals surface area contributed by atoms with Gasteiger partial charge in [0.05, 0.1) is 22.2 Å². The molecule has 7 aromatic rings. The predicted molar refractivity (Wildman–Crippen MR) is 139 cm³/mol. The number of hydrogen-bond donors (Lipinski definition) is 0. The summed E-state index contributed by atoms with van der Waals surface area (Å²) < 4.78 is 4.24. The number of aromatic nitrogens is 4. The summed E-state index contributed by atoms with van der Waals surface area (Å²) in [5.41, 5.74) is 7.81. The molecule has 0 fully saturated rings. The van der Waals surface area contributed by atoms with Crippen LogP contribution in [0.25, 0.3) is 55.2 Å². The molecule has 160 valence electrons. The van der Waals surface area contributed by atoms with Crippen LogP contribution in [0.5, 0.6) is 0 Å². The topological polar surface area (TPSA) is 35.6 Å². The Labute approximate surface area is 196 Å². The normalized spacial score (nSPS) is 11.5. The summed E-state index contributed by atoms with van der Waals surface area (Å²) in [6.07, 6.45) is 5.64. The lowest BCUT2D eigenvalue weighted by Gasteiger charge is -2.11. The molecule has 4 heteroatoms. The van der Waals surface area contributed by atoms with Crippen LogP contribution in [0, 0.1) is 0 Å². The van der Waals surface area contributed by atoms with Crippen LogP contribution >= 0.6 is 0 Å². The van der Waals surface area contributed by atoms with Gasteiger partial charge in [0.1, 0.15) is 0 Å². The van der Waals surface area contributed by atoms with Gasteiger partial charge >= 0.3 is 0 Å². The zero-order chi connectivity index (χ0) is 22.5. The first-order valence-corrected chi connectivity index (χ1v) is 11.3. The van der Waals surface area contributed by atoms with Crippen molar-refractivity contribution in [2.45, 2.75) is 0 Å². The van der Waals surface area contributed by atoms with E-state index in [1.807, 2.05) is 29.2 Å². The van der Waals surface area contributed by atoms with Gasteiger partial charge in [-0.05, 0) is 48.0 Å². The van der Waals surface area contributed by atoms with Gasteiger partial charge in [0.25, 0.3) is 0 Å². The second-order valence-corrected chi connectivity index (χ2v) is 8.44. The van der Waals surface area contributed by atoms with Crippen molar-refractivity contribution in [1.82, 2.24) is 19.3 Å². The smallest absolute Gasteiger partial charge is 0.0780 e. The van der Waals surface area contributed by atoms with Crippen molar-refractivity contribution in [3.63, 3.8) is 0 Å². The van der Waals surface area contributed by atoms with Crippen molar-refractivity contribution in [2.75, 3.05) is 0 Å². The van der Waals surface area contributed by atoms with Crippen LogP contribution in [0.4, 0.5) is 0 Å². The third-order valence-electron chi connectivity index (χ3n) is 6.47. The fourth-order valence-electron chi connectivity index (χ4n) is 4.95. The molecule has 4 nitrogen and oxygen atoms in total. The lowest BCUT2D eigenvalue weighted by Crippen LogP contribution is -1.98. The van der Waals surface area contributed by atoms with Crippen molar-refractivity contribution < 1.29 is 0 Å². The second kappa shape index (κ2) is 7.42. The Morgan fingerprint density at radius 3 is 2.38 bits per heavy atom. The summed E-state index contributed by atoms with van der Waals surface area (Å²) >= 11 is 0. The van der Waals surface area contributed by atoms with Gasteiger partial charge in [0, 0.05) is 46.0 Å². The summed E-state index contributed by atoms with van der Waals surface area (Å²) in [6.45, 7) is 0. The number of pyridine rings is 1. The van der Waals surface area contributed by atoms with E-state index >= 15 is 0 Å². The van der Waals surface area contributed by atoms with Crippen molar-refractivity contribution in [1.29, 1.82) is 0 Å². The standard InChI is InChI=1S/C30H20N4/c1-2-13-28-26(11-1)27-15-14-22(25-12-3-7-21-8-5-16-31-30(21)25)19-29(27)34(28)24-10-4-9-23(20-24)33-18-6-17-32-33/h1-20H. The highest BCUT2D eigenvalue weighted by Gasteiger charge is 2.14. The van der Waals surface area contributed by atoms with Gasteiger partial charge < -0.3 is 4.57 Å². The lowest BCUT2D eigenvalue weighted by molar-refractivity contribution is 0.879. The van der Waals surface area contributed by atoms with Gasteiger partial charge in [0.15, 0.2) is 0 Å². The average Bonchev–Trinajstić information content (AvgIpc) is 3.55. The SMILES string of the molecule is c1cc(-n2cccn2)cc(-n2c3ccccc3c3ccc(-c4cccc5cccnc45)cc32)c1. The molecule has 0 saturated carbocycles. The van der Waals surface area contributed by atoms with Crippen LogP contribution in [0.2, 0.25) is 0 Å². The molecule has 0 aliphatic heterocycles. The van der Waals surface area contributed by atoms with Crippen LogP contribution in [0.3, 0.4) is 0 Å². The number of benzene rings is 4. The molecule has 0 spiro atoms. The van der Waals surface area contributed by atoms with Crippen molar-refractivity contribution in [3.05, 3.63) is 122 Å². The number of rotatable bonds is 3. The Bertz CT molecular complexity index is 1800. The fraction of sp³-hybridized carbons (Fsp3) is 0. The number of fused-ring (bicyclic) bond motifs is 4. The van der Waals surface area contributed by atoms with Crippen LogP contribution in [-0.2, 0) is 0 Å². The van der Waals surface area contributed by atoms with Crippen LogP contribution in [0.15, 0.2) is 122 Å². The Balaban J connectivity index is 1.52. The highest BCUT2D eigenvalue weighted by atomic mass is 15.3. The minimum atomic E-state index is 1.02. The first-order valence-electron chi connectivity index (χ1n) is 11.3. The van der Waals surface area contributed by atoms with E-state index in [0.29, 0.717) is 0 Å². The highest BCUT2D eigenvalue weighted by molar-refractivity contribution is 6.10. The van der Waals surface area contributed by atoms with Gasteiger partial charge in [-0.2, -0.15) is 5.10 Å². The molecular formula is C30H20N4. The molecule has 3 aromatic heterocycles. The summed E-state index contributed by atoms with van der Waals surface area (Å²) in [5, 5.41) is 8.04.